The van der Waals surface area contributed by atoms with Crippen LogP contribution < -0.4 is 11.3 Å². The minimum Gasteiger partial charge on any atom is -0.493 e. The number of nitrogens with zero attached hydrogens (tertiary/aromatic N) is 2. The van der Waals surface area contributed by atoms with Gasteiger partial charge in [0.05, 0.1) is 5.38 Å². The first-order valence-electron chi connectivity index (χ1n) is 1.87. The van der Waals surface area contributed by atoms with E-state index in [1.54, 1.807) is 5.43 Å². The number of hydrogen-bond donors (Lipinski definition) is 2. The molecule has 1 rings (SSSR count). The summed E-state index contributed by atoms with van der Waals surface area (Å²) in [6, 6.07) is 0. The molecule has 5 heteroatoms. The number of nitrogens with one attached hydrogen (secondary N) is 1. The van der Waals surface area contributed by atoms with Crippen LogP contribution in [0.5, 0.6) is 5.88 Å². The smallest absolute Gasteiger partial charge is 0.223 e. The minimum atomic E-state index is -0.0773. The molecule has 0 aliphatic heterocycles. The fraction of sp³-hybridized carbons (Fsp3) is 0. The Morgan fingerprint density at radius 1 is 1.88 bits per heavy atom. The molecule has 1 heterocycles. The second-order valence-corrected chi connectivity index (χ2v) is 1.98. The molecule has 1 aromatic heterocycles. The molecule has 0 aliphatic rings. The molecule has 0 spiro atoms. The number of thiazole rings is 1. The van der Waals surface area contributed by atoms with E-state index in [-0.39, 0.29) is 5.88 Å². The Labute approximate surface area is 49.9 Å². The number of anilines is 1. The number of hydrogen-bond acceptors (Lipinski definition) is 4. The molecule has 0 unspecified atom stereocenters. The lowest BCUT2D eigenvalue weighted by atomic mass is 10.9. The van der Waals surface area contributed by atoms with Crippen molar-refractivity contribution >= 4 is 16.5 Å². The molecule has 0 aliphatic carbocycles. The van der Waals surface area contributed by atoms with E-state index in [1.807, 2.05) is 0 Å². The SMILES string of the molecule is [N]Nc1nc(O)cs1. The third kappa shape index (κ3) is 0.877. The maximum Gasteiger partial charge on any atom is 0.223 e. The Morgan fingerprint density at radius 2 is 2.62 bits per heavy atom. The van der Waals surface area contributed by atoms with Gasteiger partial charge in [0.2, 0.25) is 11.0 Å². The predicted molar refractivity (Wildman–Crippen MR) is 29.5 cm³/mol. The van der Waals surface area contributed by atoms with E-state index in [4.69, 9.17) is 10.9 Å². The van der Waals surface area contributed by atoms with Crippen molar-refractivity contribution in [1.29, 1.82) is 0 Å². The Balaban J connectivity index is 2.84. The van der Waals surface area contributed by atoms with Crippen molar-refractivity contribution in [1.82, 2.24) is 10.8 Å². The van der Waals surface area contributed by atoms with Crippen molar-refractivity contribution in [2.75, 3.05) is 5.43 Å². The monoisotopic (exact) mass is 129 g/mol. The molecule has 0 bridgehead atoms. The molecule has 2 N–H and O–H groups in total. The maximum atomic E-state index is 8.53. The number of aromatic hydroxyl groups is 1. The third-order valence-electron chi connectivity index (χ3n) is 0.588. The summed E-state index contributed by atoms with van der Waals surface area (Å²) in [5.41, 5.74) is 1.80. The first-order valence-corrected chi connectivity index (χ1v) is 2.75. The maximum absolute atomic E-state index is 8.53. The standard InChI is InChI=1S/C3H3N3OS/c4-6-3-5-2(7)1-8-3/h1,7H,(H,5,6). The van der Waals surface area contributed by atoms with Crippen molar-refractivity contribution in [3.8, 4) is 5.88 Å². The van der Waals surface area contributed by atoms with E-state index in [1.165, 1.54) is 5.38 Å². The van der Waals surface area contributed by atoms with Gasteiger partial charge < -0.3 is 5.11 Å². The van der Waals surface area contributed by atoms with Gasteiger partial charge in [-0.15, -0.1) is 11.3 Å². The topological polar surface area (TPSA) is 67.5 Å². The summed E-state index contributed by atoms with van der Waals surface area (Å²) in [6.07, 6.45) is 0. The van der Waals surface area contributed by atoms with Crippen molar-refractivity contribution < 1.29 is 5.11 Å². The first kappa shape index (κ1) is 5.33. The van der Waals surface area contributed by atoms with Crippen molar-refractivity contribution in [2.24, 2.45) is 0 Å². The van der Waals surface area contributed by atoms with Crippen LogP contribution in [-0.2, 0) is 0 Å². The van der Waals surface area contributed by atoms with Crippen LogP contribution in [0, 0.1) is 0 Å². The predicted octanol–water partition coefficient (Wildman–Crippen LogP) is 0.244. The van der Waals surface area contributed by atoms with Gasteiger partial charge in [0.15, 0.2) is 0 Å². The molecule has 0 amide bonds. The van der Waals surface area contributed by atoms with Gasteiger partial charge in [-0.1, -0.05) is 0 Å². The zero-order chi connectivity index (χ0) is 5.98. The summed E-state index contributed by atoms with van der Waals surface area (Å²) in [6.45, 7) is 0. The van der Waals surface area contributed by atoms with E-state index in [0.717, 1.165) is 11.3 Å². The lowest BCUT2D eigenvalue weighted by Gasteiger charge is -1.81. The van der Waals surface area contributed by atoms with Gasteiger partial charge in [-0.05, 0) is 5.84 Å². The van der Waals surface area contributed by atoms with E-state index >= 15 is 0 Å². The molecular formula is C3H3N3OS. The van der Waals surface area contributed by atoms with E-state index in [0.29, 0.717) is 5.13 Å². The molecule has 8 heavy (non-hydrogen) atoms. The van der Waals surface area contributed by atoms with Gasteiger partial charge in [-0.25, -0.2) is 0 Å². The van der Waals surface area contributed by atoms with Gasteiger partial charge in [0.1, 0.15) is 0 Å². The molecule has 4 nitrogen and oxygen atoms in total. The largest absolute Gasteiger partial charge is 0.493 e. The second-order valence-electron chi connectivity index (χ2n) is 1.12. The minimum absolute atomic E-state index is 0.0773. The van der Waals surface area contributed by atoms with Crippen LogP contribution in [-0.4, -0.2) is 10.1 Å². The van der Waals surface area contributed by atoms with E-state index < -0.39 is 0 Å². The highest BCUT2D eigenvalue weighted by Crippen LogP contribution is 2.17. The molecule has 0 atom stereocenters. The van der Waals surface area contributed by atoms with Crippen LogP contribution in [0.15, 0.2) is 5.38 Å². The molecule has 0 saturated heterocycles. The van der Waals surface area contributed by atoms with Crippen LogP contribution in [0.4, 0.5) is 5.13 Å². The molecule has 2 radical (unpaired) electrons. The van der Waals surface area contributed by atoms with Gasteiger partial charge in [0.25, 0.3) is 0 Å². The van der Waals surface area contributed by atoms with Gasteiger partial charge in [0, 0.05) is 0 Å². The Kier molecular flexibility index (Phi) is 1.32. The Hall–Kier alpha value is -0.810. The quantitative estimate of drug-likeness (QED) is 0.534. The van der Waals surface area contributed by atoms with Gasteiger partial charge in [-0.2, -0.15) is 4.98 Å². The number of aromatic nitrogens is 1. The molecule has 0 aromatic carbocycles. The first-order chi connectivity index (χ1) is 3.83. The lowest BCUT2D eigenvalue weighted by molar-refractivity contribution is 0.458. The summed E-state index contributed by atoms with van der Waals surface area (Å²) in [5, 5.41) is 10.2. The average Bonchev–Trinajstić information content (AvgIpc) is 2.14. The van der Waals surface area contributed by atoms with Crippen LogP contribution in [0.2, 0.25) is 0 Å². The summed E-state index contributed by atoms with van der Waals surface area (Å²) < 4.78 is 0. The summed E-state index contributed by atoms with van der Waals surface area (Å²) >= 11 is 1.13. The Bertz CT molecular complexity index is 175. The van der Waals surface area contributed by atoms with Crippen LogP contribution >= 0.6 is 11.3 Å². The third-order valence-corrected chi connectivity index (χ3v) is 1.32. The summed E-state index contributed by atoms with van der Waals surface area (Å²) in [4.78, 5) is 3.44. The fourth-order valence-corrected chi connectivity index (χ4v) is 0.785. The van der Waals surface area contributed by atoms with E-state index in [2.05, 4.69) is 4.98 Å². The second kappa shape index (κ2) is 1.97. The molecule has 42 valence electrons. The van der Waals surface area contributed by atoms with Crippen LogP contribution in [0.3, 0.4) is 0 Å². The number of rotatable bonds is 1. The highest BCUT2D eigenvalue weighted by Gasteiger charge is 1.94. The normalized spacial score (nSPS) is 9.12. The van der Waals surface area contributed by atoms with Crippen molar-refractivity contribution in [2.45, 2.75) is 0 Å². The van der Waals surface area contributed by atoms with Gasteiger partial charge >= 0.3 is 0 Å². The van der Waals surface area contributed by atoms with Crippen LogP contribution in [0.25, 0.3) is 0 Å². The zero-order valence-corrected chi connectivity index (χ0v) is 4.64. The molecule has 0 fully saturated rings. The molecule has 1 aromatic rings. The fourth-order valence-electron chi connectivity index (χ4n) is 0.317. The molecular weight excluding hydrogens is 126 g/mol. The summed E-state index contributed by atoms with van der Waals surface area (Å²) in [7, 11) is 0. The lowest BCUT2D eigenvalue weighted by Crippen LogP contribution is -1.89. The zero-order valence-electron chi connectivity index (χ0n) is 3.83. The van der Waals surface area contributed by atoms with E-state index in [9.17, 15) is 0 Å². The van der Waals surface area contributed by atoms with Gasteiger partial charge in [-0.3, -0.25) is 5.43 Å². The highest BCUT2D eigenvalue weighted by molar-refractivity contribution is 7.13. The van der Waals surface area contributed by atoms with Crippen molar-refractivity contribution in [3.63, 3.8) is 0 Å². The average molecular weight is 129 g/mol. The highest BCUT2D eigenvalue weighted by atomic mass is 32.1. The Morgan fingerprint density at radius 3 is 2.88 bits per heavy atom. The molecule has 0 saturated carbocycles. The van der Waals surface area contributed by atoms with Crippen LogP contribution in [0.1, 0.15) is 0 Å². The van der Waals surface area contributed by atoms with Crippen molar-refractivity contribution in [3.05, 3.63) is 5.38 Å². The summed E-state index contributed by atoms with van der Waals surface area (Å²) in [5.74, 6) is 8.06.